The van der Waals surface area contributed by atoms with E-state index in [2.05, 4.69) is 44.8 Å². The molecule has 0 saturated heterocycles. The number of alkyl halides is 1. The lowest BCUT2D eigenvalue weighted by Crippen LogP contribution is -2.18. The number of hydrogen-bond acceptors (Lipinski definition) is 2. The lowest BCUT2D eigenvalue weighted by atomic mass is 10.1. The first kappa shape index (κ1) is 13.1. The highest BCUT2D eigenvalue weighted by Crippen LogP contribution is 2.23. The van der Waals surface area contributed by atoms with E-state index in [1.807, 2.05) is 18.2 Å². The highest BCUT2D eigenvalue weighted by atomic mass is 79.9. The van der Waals surface area contributed by atoms with E-state index >= 15 is 0 Å². The van der Waals surface area contributed by atoms with Crippen LogP contribution in [0.15, 0.2) is 46.3 Å². The smallest absolute Gasteiger partial charge is 0.0709 e. The molecule has 0 amide bonds. The summed E-state index contributed by atoms with van der Waals surface area (Å²) in [6.07, 6.45) is 0. The first-order valence-electron chi connectivity index (χ1n) is 5.39. The second-order valence-corrected chi connectivity index (χ2v) is 6.08. The molecule has 0 bridgehead atoms. The maximum atomic E-state index is 6.32. The van der Waals surface area contributed by atoms with Crippen LogP contribution in [0.2, 0.25) is 0 Å². The summed E-state index contributed by atoms with van der Waals surface area (Å²) < 4.78 is 1.17. The molecule has 1 atom stereocenters. The van der Waals surface area contributed by atoms with E-state index in [4.69, 9.17) is 11.6 Å². The topological polar surface area (TPSA) is 12.0 Å². The number of hydrogen-bond donors (Lipinski definition) is 1. The van der Waals surface area contributed by atoms with E-state index in [-0.39, 0.29) is 5.38 Å². The molecule has 0 aliphatic carbocycles. The lowest BCUT2D eigenvalue weighted by molar-refractivity contribution is 0.679. The minimum absolute atomic E-state index is 0.0231. The highest BCUT2D eigenvalue weighted by molar-refractivity contribution is 9.10. The Labute approximate surface area is 119 Å². The van der Waals surface area contributed by atoms with Crippen molar-refractivity contribution >= 4 is 38.9 Å². The van der Waals surface area contributed by atoms with Gasteiger partial charge >= 0.3 is 0 Å². The molecule has 0 aliphatic heterocycles. The molecule has 0 aliphatic rings. The van der Waals surface area contributed by atoms with Gasteiger partial charge in [-0.15, -0.1) is 22.9 Å². The maximum absolute atomic E-state index is 6.32. The van der Waals surface area contributed by atoms with Crippen LogP contribution >= 0.6 is 38.9 Å². The molecule has 1 aromatic carbocycles. The van der Waals surface area contributed by atoms with Crippen LogP contribution in [0.5, 0.6) is 0 Å². The molecule has 4 heteroatoms. The molecule has 1 N–H and O–H groups in total. The third kappa shape index (κ3) is 3.81. The molecule has 0 fully saturated rings. The average Bonchev–Trinajstić information content (AvgIpc) is 2.76. The van der Waals surface area contributed by atoms with E-state index in [0.29, 0.717) is 0 Å². The van der Waals surface area contributed by atoms with Gasteiger partial charge in [0.15, 0.2) is 0 Å². The normalized spacial score (nSPS) is 12.6. The summed E-state index contributed by atoms with van der Waals surface area (Å²) in [5.41, 5.74) is 1.16. The fourth-order valence-electron chi connectivity index (χ4n) is 1.54. The monoisotopic (exact) mass is 329 g/mol. The van der Waals surface area contributed by atoms with Crippen molar-refractivity contribution in [1.82, 2.24) is 5.32 Å². The van der Waals surface area contributed by atoms with Crippen molar-refractivity contribution < 1.29 is 0 Å². The third-order valence-electron chi connectivity index (χ3n) is 2.46. The minimum atomic E-state index is 0.0231. The summed E-state index contributed by atoms with van der Waals surface area (Å²) >= 11 is 11.6. The fourth-order valence-corrected chi connectivity index (χ4v) is 3.26. The number of benzene rings is 1. The van der Waals surface area contributed by atoms with Gasteiger partial charge in [-0.25, -0.2) is 0 Å². The van der Waals surface area contributed by atoms with E-state index in [1.165, 1.54) is 9.35 Å². The molecular weight excluding hydrogens is 318 g/mol. The highest BCUT2D eigenvalue weighted by Gasteiger charge is 2.07. The summed E-state index contributed by atoms with van der Waals surface area (Å²) in [7, 11) is 0. The maximum Gasteiger partial charge on any atom is 0.0709 e. The van der Waals surface area contributed by atoms with Crippen LogP contribution in [-0.2, 0) is 6.54 Å². The SMILES string of the molecule is ClC(CNCc1sccc1Br)c1ccccc1. The Bertz CT molecular complexity index is 457. The largest absolute Gasteiger partial charge is 0.310 e. The second-order valence-electron chi connectivity index (χ2n) is 3.70. The molecule has 1 aromatic heterocycles. The standard InChI is InChI=1S/C13H13BrClNS/c14-11-6-7-17-13(11)9-16-8-12(15)10-4-2-1-3-5-10/h1-7,12,16H,8-9H2. The van der Waals surface area contributed by atoms with E-state index in [0.717, 1.165) is 18.7 Å². The molecule has 90 valence electrons. The predicted octanol–water partition coefficient (Wildman–Crippen LogP) is 4.58. The van der Waals surface area contributed by atoms with Crippen LogP contribution in [-0.4, -0.2) is 6.54 Å². The van der Waals surface area contributed by atoms with Gasteiger partial charge in [0.2, 0.25) is 0 Å². The summed E-state index contributed by atoms with van der Waals surface area (Å²) in [5.74, 6) is 0. The van der Waals surface area contributed by atoms with Crippen LogP contribution in [0.4, 0.5) is 0 Å². The van der Waals surface area contributed by atoms with Crippen molar-refractivity contribution in [3.8, 4) is 0 Å². The fraction of sp³-hybridized carbons (Fsp3) is 0.231. The molecule has 1 heterocycles. The molecule has 2 rings (SSSR count). The van der Waals surface area contributed by atoms with Crippen LogP contribution in [0.25, 0.3) is 0 Å². The minimum Gasteiger partial charge on any atom is -0.310 e. The van der Waals surface area contributed by atoms with Crippen LogP contribution in [0.1, 0.15) is 15.8 Å². The van der Waals surface area contributed by atoms with Crippen molar-refractivity contribution in [3.63, 3.8) is 0 Å². The average molecular weight is 331 g/mol. The third-order valence-corrected chi connectivity index (χ3v) is 4.79. The van der Waals surface area contributed by atoms with Gasteiger partial charge in [-0.05, 0) is 32.9 Å². The van der Waals surface area contributed by atoms with Gasteiger partial charge in [0.25, 0.3) is 0 Å². The lowest BCUT2D eigenvalue weighted by Gasteiger charge is -2.10. The first-order valence-corrected chi connectivity index (χ1v) is 7.50. The Kier molecular flexibility index (Phi) is 5.04. The summed E-state index contributed by atoms with van der Waals surface area (Å²) in [6, 6.07) is 12.2. The molecule has 0 saturated carbocycles. The van der Waals surface area contributed by atoms with Crippen LogP contribution in [0.3, 0.4) is 0 Å². The summed E-state index contributed by atoms with van der Waals surface area (Å²) in [6.45, 7) is 1.63. The van der Waals surface area contributed by atoms with Gasteiger partial charge < -0.3 is 5.32 Å². The molecule has 0 spiro atoms. The van der Waals surface area contributed by atoms with Gasteiger partial charge in [-0.1, -0.05) is 30.3 Å². The van der Waals surface area contributed by atoms with Crippen molar-refractivity contribution in [1.29, 1.82) is 0 Å². The van der Waals surface area contributed by atoms with Gasteiger partial charge in [0.1, 0.15) is 0 Å². The van der Waals surface area contributed by atoms with Crippen molar-refractivity contribution in [2.24, 2.45) is 0 Å². The zero-order chi connectivity index (χ0) is 12.1. The second kappa shape index (κ2) is 6.55. The first-order chi connectivity index (χ1) is 8.27. The Morgan fingerprint density at radius 2 is 2.00 bits per heavy atom. The number of nitrogens with one attached hydrogen (secondary N) is 1. The Balaban J connectivity index is 1.81. The van der Waals surface area contributed by atoms with E-state index in [9.17, 15) is 0 Å². The van der Waals surface area contributed by atoms with E-state index in [1.54, 1.807) is 11.3 Å². The molecule has 2 aromatic rings. The molecular formula is C13H13BrClNS. The van der Waals surface area contributed by atoms with E-state index < -0.39 is 0 Å². The van der Waals surface area contributed by atoms with Gasteiger partial charge in [-0.2, -0.15) is 0 Å². The molecule has 17 heavy (non-hydrogen) atoms. The van der Waals surface area contributed by atoms with Gasteiger partial charge in [0, 0.05) is 22.4 Å². The Morgan fingerprint density at radius 1 is 1.24 bits per heavy atom. The van der Waals surface area contributed by atoms with Crippen molar-refractivity contribution in [2.75, 3.05) is 6.54 Å². The molecule has 1 nitrogen and oxygen atoms in total. The Morgan fingerprint density at radius 3 is 2.65 bits per heavy atom. The zero-order valence-corrected chi connectivity index (χ0v) is 12.4. The summed E-state index contributed by atoms with van der Waals surface area (Å²) in [4.78, 5) is 1.31. The Hall–Kier alpha value is -0.350. The number of rotatable bonds is 5. The summed E-state index contributed by atoms with van der Waals surface area (Å²) in [5, 5.41) is 5.48. The van der Waals surface area contributed by atoms with Gasteiger partial charge in [0.05, 0.1) is 5.38 Å². The molecule has 1 unspecified atom stereocenters. The van der Waals surface area contributed by atoms with Crippen LogP contribution in [0, 0.1) is 0 Å². The van der Waals surface area contributed by atoms with Crippen LogP contribution < -0.4 is 5.32 Å². The van der Waals surface area contributed by atoms with Crippen molar-refractivity contribution in [2.45, 2.75) is 11.9 Å². The zero-order valence-electron chi connectivity index (χ0n) is 9.20. The predicted molar refractivity (Wildman–Crippen MR) is 78.8 cm³/mol. The number of thiophene rings is 1. The molecule has 0 radical (unpaired) electrons. The number of halogens is 2. The quantitative estimate of drug-likeness (QED) is 0.791. The van der Waals surface area contributed by atoms with Crippen molar-refractivity contribution in [3.05, 3.63) is 56.7 Å². The van der Waals surface area contributed by atoms with Gasteiger partial charge in [-0.3, -0.25) is 0 Å².